The molecule has 0 fully saturated rings. The smallest absolute Gasteiger partial charge is 0.191 e. The lowest BCUT2D eigenvalue weighted by Gasteiger charge is -2.11. The molecule has 0 aliphatic rings. The molecule has 4 nitrogen and oxygen atoms in total. The van der Waals surface area contributed by atoms with Crippen LogP contribution in [0.5, 0.6) is 0 Å². The molecule has 1 aromatic carbocycles. The summed E-state index contributed by atoms with van der Waals surface area (Å²) in [5, 5.41) is 9.43. The second-order valence-corrected chi connectivity index (χ2v) is 5.40. The molecule has 22 heavy (non-hydrogen) atoms. The van der Waals surface area contributed by atoms with E-state index in [9.17, 15) is 4.39 Å². The Bertz CT molecular complexity index is 615. The summed E-state index contributed by atoms with van der Waals surface area (Å²) in [6.07, 6.45) is 0.949. The van der Waals surface area contributed by atoms with Crippen LogP contribution in [-0.2, 0) is 19.5 Å². The molecule has 7 heteroatoms. The van der Waals surface area contributed by atoms with Crippen LogP contribution in [0.25, 0.3) is 0 Å². The normalized spacial score (nSPS) is 11.0. The standard InChI is InChI=1S/C15H19FN4S.HI/c1-3-14-20-12(10-21-14)9-19-15(17-2)18-8-11-6-4-5-7-13(11)16;/h4-7,10H,3,8-9H2,1-2H3,(H2,17,18,19);1H. The molecule has 0 radical (unpaired) electrons. The topological polar surface area (TPSA) is 49.3 Å². The van der Waals surface area contributed by atoms with Crippen LogP contribution in [0.2, 0.25) is 0 Å². The fraction of sp³-hybridized carbons (Fsp3) is 0.333. The number of benzene rings is 1. The van der Waals surface area contributed by atoms with E-state index in [1.807, 2.05) is 11.4 Å². The first kappa shape index (κ1) is 18.8. The number of guanidine groups is 1. The zero-order valence-corrected chi connectivity index (χ0v) is 15.7. The summed E-state index contributed by atoms with van der Waals surface area (Å²) >= 11 is 1.66. The number of aromatic nitrogens is 1. The number of nitrogens with one attached hydrogen (secondary N) is 2. The minimum absolute atomic E-state index is 0. The molecule has 2 N–H and O–H groups in total. The Morgan fingerprint density at radius 1 is 1.27 bits per heavy atom. The molecule has 120 valence electrons. The highest BCUT2D eigenvalue weighted by Crippen LogP contribution is 2.09. The number of hydrogen-bond donors (Lipinski definition) is 2. The van der Waals surface area contributed by atoms with Crippen molar-refractivity contribution >= 4 is 41.3 Å². The summed E-state index contributed by atoms with van der Waals surface area (Å²) in [4.78, 5) is 8.60. The third-order valence-electron chi connectivity index (χ3n) is 2.97. The monoisotopic (exact) mass is 434 g/mol. The lowest BCUT2D eigenvalue weighted by molar-refractivity contribution is 0.604. The van der Waals surface area contributed by atoms with Crippen molar-refractivity contribution in [3.63, 3.8) is 0 Å². The molecule has 0 spiro atoms. The molecule has 1 aromatic heterocycles. The molecule has 2 aromatic rings. The molecule has 0 atom stereocenters. The quantitative estimate of drug-likeness (QED) is 0.431. The van der Waals surface area contributed by atoms with Gasteiger partial charge >= 0.3 is 0 Å². The van der Waals surface area contributed by atoms with Gasteiger partial charge < -0.3 is 10.6 Å². The van der Waals surface area contributed by atoms with Gasteiger partial charge in [-0.2, -0.15) is 0 Å². The van der Waals surface area contributed by atoms with E-state index in [-0.39, 0.29) is 29.8 Å². The van der Waals surface area contributed by atoms with Crippen molar-refractivity contribution in [3.05, 3.63) is 51.7 Å². The van der Waals surface area contributed by atoms with E-state index >= 15 is 0 Å². The van der Waals surface area contributed by atoms with Crippen LogP contribution < -0.4 is 10.6 Å². The molecule has 0 amide bonds. The van der Waals surface area contributed by atoms with E-state index in [1.165, 1.54) is 6.07 Å². The van der Waals surface area contributed by atoms with Crippen LogP contribution in [0.4, 0.5) is 4.39 Å². The molecule has 0 saturated heterocycles. The van der Waals surface area contributed by atoms with Gasteiger partial charge in [0.2, 0.25) is 0 Å². The minimum atomic E-state index is -0.215. The predicted molar refractivity (Wildman–Crippen MR) is 100 cm³/mol. The van der Waals surface area contributed by atoms with E-state index < -0.39 is 0 Å². The fourth-order valence-electron chi connectivity index (χ4n) is 1.81. The van der Waals surface area contributed by atoms with E-state index in [4.69, 9.17) is 0 Å². The summed E-state index contributed by atoms with van der Waals surface area (Å²) in [6, 6.07) is 6.70. The Kier molecular flexibility index (Phi) is 8.32. The first-order valence-electron chi connectivity index (χ1n) is 6.84. The fourth-order valence-corrected chi connectivity index (χ4v) is 2.55. The molecule has 0 aliphatic carbocycles. The summed E-state index contributed by atoms with van der Waals surface area (Å²) in [5.41, 5.74) is 1.60. The summed E-state index contributed by atoms with van der Waals surface area (Å²) < 4.78 is 13.5. The van der Waals surface area contributed by atoms with Crippen molar-refractivity contribution in [2.75, 3.05) is 7.05 Å². The van der Waals surface area contributed by atoms with Gasteiger partial charge in [-0.05, 0) is 12.5 Å². The summed E-state index contributed by atoms with van der Waals surface area (Å²) in [5.74, 6) is 0.414. The van der Waals surface area contributed by atoms with Crippen molar-refractivity contribution < 1.29 is 4.39 Å². The van der Waals surface area contributed by atoms with Crippen molar-refractivity contribution in [2.24, 2.45) is 4.99 Å². The second kappa shape index (κ2) is 9.73. The maximum Gasteiger partial charge on any atom is 0.191 e. The zero-order chi connectivity index (χ0) is 15.1. The number of aliphatic imine (C=N–C) groups is 1. The molecule has 2 rings (SSSR count). The average molecular weight is 434 g/mol. The maximum absolute atomic E-state index is 13.5. The van der Waals surface area contributed by atoms with Gasteiger partial charge in [-0.3, -0.25) is 4.99 Å². The van der Waals surface area contributed by atoms with Crippen LogP contribution in [0, 0.1) is 5.82 Å². The molecule has 0 saturated carbocycles. The third-order valence-corrected chi connectivity index (χ3v) is 4.01. The van der Waals surface area contributed by atoms with E-state index in [0.717, 1.165) is 17.1 Å². The number of thiazole rings is 1. The largest absolute Gasteiger partial charge is 0.352 e. The van der Waals surface area contributed by atoms with Crippen LogP contribution in [0.3, 0.4) is 0 Å². The van der Waals surface area contributed by atoms with Gasteiger partial charge in [-0.1, -0.05) is 25.1 Å². The van der Waals surface area contributed by atoms with Gasteiger partial charge in [-0.15, -0.1) is 35.3 Å². The van der Waals surface area contributed by atoms with Crippen LogP contribution in [0.1, 0.15) is 23.2 Å². The van der Waals surface area contributed by atoms with E-state index in [0.29, 0.717) is 24.6 Å². The molecule has 1 heterocycles. The highest BCUT2D eigenvalue weighted by atomic mass is 127. The van der Waals surface area contributed by atoms with Gasteiger partial charge in [0.05, 0.1) is 17.2 Å². The number of halogens is 2. The molecule has 0 unspecified atom stereocenters. The second-order valence-electron chi connectivity index (χ2n) is 4.46. The van der Waals surface area contributed by atoms with Gasteiger partial charge in [0, 0.05) is 24.5 Å². The van der Waals surface area contributed by atoms with Crippen molar-refractivity contribution in [1.82, 2.24) is 15.6 Å². The Morgan fingerprint density at radius 2 is 2.00 bits per heavy atom. The Morgan fingerprint density at radius 3 is 2.64 bits per heavy atom. The van der Waals surface area contributed by atoms with Crippen LogP contribution >= 0.6 is 35.3 Å². The maximum atomic E-state index is 13.5. The Balaban J connectivity index is 0.00000242. The minimum Gasteiger partial charge on any atom is -0.352 e. The number of hydrogen-bond acceptors (Lipinski definition) is 3. The first-order valence-corrected chi connectivity index (χ1v) is 7.72. The predicted octanol–water partition coefficient (Wildman–Crippen LogP) is 3.33. The zero-order valence-electron chi connectivity index (χ0n) is 12.6. The number of rotatable bonds is 5. The lowest BCUT2D eigenvalue weighted by atomic mass is 10.2. The third kappa shape index (κ3) is 5.53. The van der Waals surface area contributed by atoms with Crippen molar-refractivity contribution in [2.45, 2.75) is 26.4 Å². The molecule has 0 aliphatic heterocycles. The lowest BCUT2D eigenvalue weighted by Crippen LogP contribution is -2.36. The number of aryl methyl sites for hydroxylation is 1. The summed E-state index contributed by atoms with van der Waals surface area (Å²) in [6.45, 7) is 3.09. The molecule has 0 bridgehead atoms. The number of nitrogens with zero attached hydrogens (tertiary/aromatic N) is 2. The van der Waals surface area contributed by atoms with Crippen molar-refractivity contribution in [3.8, 4) is 0 Å². The highest BCUT2D eigenvalue weighted by Gasteiger charge is 2.04. The van der Waals surface area contributed by atoms with Gasteiger partial charge in [0.15, 0.2) is 5.96 Å². The Hall–Kier alpha value is -1.22. The van der Waals surface area contributed by atoms with E-state index in [1.54, 1.807) is 30.5 Å². The molecular weight excluding hydrogens is 414 g/mol. The first-order chi connectivity index (χ1) is 10.2. The van der Waals surface area contributed by atoms with E-state index in [2.05, 4.69) is 27.5 Å². The SMILES string of the molecule is CCc1nc(CNC(=NC)NCc2ccccc2F)cs1.I. The Labute approximate surface area is 151 Å². The van der Waals surface area contributed by atoms with Crippen LogP contribution in [-0.4, -0.2) is 18.0 Å². The van der Waals surface area contributed by atoms with Crippen LogP contribution in [0.15, 0.2) is 34.6 Å². The highest BCUT2D eigenvalue weighted by molar-refractivity contribution is 14.0. The average Bonchev–Trinajstić information content (AvgIpc) is 2.97. The van der Waals surface area contributed by atoms with Gasteiger partial charge in [-0.25, -0.2) is 9.37 Å². The summed E-state index contributed by atoms with van der Waals surface area (Å²) in [7, 11) is 1.69. The van der Waals surface area contributed by atoms with Crippen molar-refractivity contribution in [1.29, 1.82) is 0 Å². The molecular formula is C15H20FIN4S. The van der Waals surface area contributed by atoms with Gasteiger partial charge in [0.25, 0.3) is 0 Å². The van der Waals surface area contributed by atoms with Gasteiger partial charge in [0.1, 0.15) is 5.82 Å².